The molecule has 1 N–H and O–H groups in total. The predicted molar refractivity (Wildman–Crippen MR) is 41.1 cm³/mol. The average molecular weight is 168 g/mol. The Hall–Kier alpha value is -1.58. The maximum Gasteiger partial charge on any atom is 0.401 e. The van der Waals surface area contributed by atoms with Crippen LogP contribution in [0.5, 0.6) is 5.75 Å². The minimum absolute atomic E-state index is 0.232. The topological polar surface area (TPSA) is 50.4 Å². The van der Waals surface area contributed by atoms with E-state index in [1.165, 1.54) is 17.7 Å². The van der Waals surface area contributed by atoms with E-state index in [9.17, 15) is 4.79 Å². The molecule has 1 aromatic heterocycles. The van der Waals surface area contributed by atoms with Gasteiger partial charge in [-0.25, -0.2) is 4.79 Å². The summed E-state index contributed by atoms with van der Waals surface area (Å²) in [6, 6.07) is 3.12. The van der Waals surface area contributed by atoms with Crippen LogP contribution in [0.1, 0.15) is 10.5 Å². The number of nitrogens with zero attached hydrogens (tertiary/aromatic N) is 1. The normalized spacial score (nSPS) is 9.50. The number of methoxy groups -OCH3 is 1. The average Bonchev–Trinajstić information content (AvgIpc) is 2.03. The van der Waals surface area contributed by atoms with E-state index in [2.05, 4.69) is 0 Å². The van der Waals surface area contributed by atoms with Crippen LogP contribution in [0.2, 0.25) is 0 Å². The number of aryl methyl sites for hydroxylation is 1. The third-order valence-electron chi connectivity index (χ3n) is 1.56. The molecule has 0 aliphatic carbocycles. The van der Waals surface area contributed by atoms with Gasteiger partial charge < -0.3 is 9.84 Å². The fraction of sp³-hybridized carbons (Fsp3) is 0.250. The molecule has 0 bridgehead atoms. The molecule has 1 heterocycles. The van der Waals surface area contributed by atoms with Crippen LogP contribution < -0.4 is 9.30 Å². The second-order valence-corrected chi connectivity index (χ2v) is 2.37. The van der Waals surface area contributed by atoms with Crippen molar-refractivity contribution in [2.75, 3.05) is 7.11 Å². The third kappa shape index (κ3) is 1.53. The van der Waals surface area contributed by atoms with Crippen LogP contribution >= 0.6 is 0 Å². The lowest BCUT2D eigenvalue weighted by Gasteiger charge is -1.97. The molecule has 1 aromatic rings. The van der Waals surface area contributed by atoms with Crippen molar-refractivity contribution in [2.45, 2.75) is 0 Å². The first-order chi connectivity index (χ1) is 5.65. The molecule has 0 fully saturated rings. The Bertz CT molecular complexity index is 309. The molecule has 4 nitrogen and oxygen atoms in total. The number of rotatable bonds is 2. The zero-order valence-electron chi connectivity index (χ0n) is 6.94. The van der Waals surface area contributed by atoms with E-state index in [0.29, 0.717) is 5.75 Å². The summed E-state index contributed by atoms with van der Waals surface area (Å²) in [6.45, 7) is 0. The number of aromatic nitrogens is 1. The number of carboxylic acids is 1. The smallest absolute Gasteiger partial charge is 0.401 e. The molecule has 0 atom stereocenters. The van der Waals surface area contributed by atoms with Gasteiger partial charge in [0, 0.05) is 6.07 Å². The molecule has 12 heavy (non-hydrogen) atoms. The molecule has 0 aliphatic rings. The molecular formula is C8H10NO3+. The first-order valence-corrected chi connectivity index (χ1v) is 3.42. The highest BCUT2D eigenvalue weighted by Gasteiger charge is 2.14. The zero-order chi connectivity index (χ0) is 9.14. The summed E-state index contributed by atoms with van der Waals surface area (Å²) in [5.74, 6) is -0.303. The number of pyridine rings is 1. The van der Waals surface area contributed by atoms with Crippen molar-refractivity contribution in [3.8, 4) is 5.75 Å². The first kappa shape index (κ1) is 8.52. The van der Waals surface area contributed by atoms with E-state index in [-0.39, 0.29) is 5.69 Å². The van der Waals surface area contributed by atoms with Crippen LogP contribution in [0, 0.1) is 0 Å². The van der Waals surface area contributed by atoms with Gasteiger partial charge in [-0.15, -0.1) is 0 Å². The van der Waals surface area contributed by atoms with Crippen molar-refractivity contribution >= 4 is 5.97 Å². The molecule has 0 saturated carbocycles. The van der Waals surface area contributed by atoms with Gasteiger partial charge in [-0.2, -0.15) is 4.57 Å². The fourth-order valence-corrected chi connectivity index (χ4v) is 0.925. The van der Waals surface area contributed by atoms with Crippen LogP contribution in [0.4, 0.5) is 0 Å². The van der Waals surface area contributed by atoms with Crippen molar-refractivity contribution in [2.24, 2.45) is 7.05 Å². The van der Waals surface area contributed by atoms with Gasteiger partial charge in [-0.1, -0.05) is 0 Å². The Balaban J connectivity index is 3.12. The van der Waals surface area contributed by atoms with Gasteiger partial charge in [0.05, 0.1) is 7.11 Å². The number of hydrogen-bond donors (Lipinski definition) is 1. The van der Waals surface area contributed by atoms with Gasteiger partial charge in [0.25, 0.3) is 5.69 Å². The third-order valence-corrected chi connectivity index (χ3v) is 1.56. The molecule has 0 aromatic carbocycles. The van der Waals surface area contributed by atoms with E-state index in [4.69, 9.17) is 9.84 Å². The number of aromatic carboxylic acids is 1. The molecule has 0 unspecified atom stereocenters. The summed E-state index contributed by atoms with van der Waals surface area (Å²) < 4.78 is 6.42. The van der Waals surface area contributed by atoms with Crippen molar-refractivity contribution in [3.05, 3.63) is 24.0 Å². The molecule has 0 spiro atoms. The second-order valence-electron chi connectivity index (χ2n) is 2.37. The van der Waals surface area contributed by atoms with Crippen LogP contribution in [-0.2, 0) is 7.05 Å². The minimum Gasteiger partial charge on any atom is -0.491 e. The minimum atomic E-state index is -0.944. The van der Waals surface area contributed by atoms with Crippen molar-refractivity contribution in [1.29, 1.82) is 0 Å². The Morgan fingerprint density at radius 2 is 2.25 bits per heavy atom. The van der Waals surface area contributed by atoms with Gasteiger partial charge in [0.1, 0.15) is 7.05 Å². The quantitative estimate of drug-likeness (QED) is 0.642. The van der Waals surface area contributed by atoms with Crippen molar-refractivity contribution in [3.63, 3.8) is 0 Å². The summed E-state index contributed by atoms with van der Waals surface area (Å²) in [7, 11) is 3.20. The number of ether oxygens (including phenoxy) is 1. The van der Waals surface area contributed by atoms with E-state index in [1.54, 1.807) is 19.3 Å². The highest BCUT2D eigenvalue weighted by atomic mass is 16.5. The molecule has 4 heteroatoms. The summed E-state index contributed by atoms with van der Waals surface area (Å²) in [6.07, 6.45) is 1.61. The van der Waals surface area contributed by atoms with Crippen LogP contribution in [0.3, 0.4) is 0 Å². The van der Waals surface area contributed by atoms with Crippen LogP contribution in [0.25, 0.3) is 0 Å². The lowest BCUT2D eigenvalue weighted by Crippen LogP contribution is -2.35. The largest absolute Gasteiger partial charge is 0.491 e. The molecular weight excluding hydrogens is 158 g/mol. The monoisotopic (exact) mass is 168 g/mol. The molecule has 0 amide bonds. The lowest BCUT2D eigenvalue weighted by atomic mass is 10.3. The van der Waals surface area contributed by atoms with Crippen LogP contribution in [0.15, 0.2) is 18.3 Å². The Labute approximate surface area is 70.0 Å². The summed E-state index contributed by atoms with van der Waals surface area (Å²) in [5.41, 5.74) is 0.232. The molecule has 64 valence electrons. The van der Waals surface area contributed by atoms with E-state index < -0.39 is 5.97 Å². The summed E-state index contributed by atoms with van der Waals surface area (Å²) in [4.78, 5) is 10.6. The van der Waals surface area contributed by atoms with Gasteiger partial charge in [-0.3, -0.25) is 0 Å². The fourth-order valence-electron chi connectivity index (χ4n) is 0.925. The standard InChI is InChI=1S/C8H9NO3/c1-9-5-6(12-2)3-4-7(9)8(10)11/h3-5H,1-2H3/p+1. The van der Waals surface area contributed by atoms with Gasteiger partial charge in [0.2, 0.25) is 6.20 Å². The molecule has 0 saturated heterocycles. The molecule has 0 radical (unpaired) electrons. The lowest BCUT2D eigenvalue weighted by molar-refractivity contribution is -0.674. The molecule has 0 aliphatic heterocycles. The number of carbonyl (C=O) groups is 1. The van der Waals surface area contributed by atoms with Gasteiger partial charge in [-0.05, 0) is 6.07 Å². The van der Waals surface area contributed by atoms with Gasteiger partial charge in [0.15, 0.2) is 5.75 Å². The molecule has 1 rings (SSSR count). The number of hydrogen-bond acceptors (Lipinski definition) is 2. The Morgan fingerprint density at radius 1 is 1.58 bits per heavy atom. The maximum absolute atomic E-state index is 10.6. The van der Waals surface area contributed by atoms with E-state index in [0.717, 1.165) is 0 Å². The van der Waals surface area contributed by atoms with Crippen LogP contribution in [-0.4, -0.2) is 18.2 Å². The maximum atomic E-state index is 10.6. The Morgan fingerprint density at radius 3 is 2.67 bits per heavy atom. The van der Waals surface area contributed by atoms with E-state index in [1.807, 2.05) is 0 Å². The van der Waals surface area contributed by atoms with Crippen molar-refractivity contribution < 1.29 is 19.2 Å². The predicted octanol–water partition coefficient (Wildman–Crippen LogP) is 0.218. The SMILES string of the molecule is COc1ccc(C(=O)O)[n+](C)c1. The summed E-state index contributed by atoms with van der Waals surface area (Å²) >= 11 is 0. The Kier molecular flexibility index (Phi) is 2.28. The highest BCUT2D eigenvalue weighted by Crippen LogP contribution is 2.05. The zero-order valence-corrected chi connectivity index (χ0v) is 6.94. The van der Waals surface area contributed by atoms with Gasteiger partial charge >= 0.3 is 5.97 Å². The van der Waals surface area contributed by atoms with Crippen molar-refractivity contribution in [1.82, 2.24) is 0 Å². The number of carboxylic acid groups (broad SMARTS) is 1. The summed E-state index contributed by atoms with van der Waals surface area (Å²) in [5, 5.41) is 8.67. The van der Waals surface area contributed by atoms with E-state index >= 15 is 0 Å². The first-order valence-electron chi connectivity index (χ1n) is 3.42. The second kappa shape index (κ2) is 3.21. The highest BCUT2D eigenvalue weighted by molar-refractivity contribution is 5.83.